The van der Waals surface area contributed by atoms with Gasteiger partial charge >= 0.3 is 12.0 Å². The normalized spacial score (nSPS) is 12.2. The summed E-state index contributed by atoms with van der Waals surface area (Å²) in [5, 5.41) is 14.2. The second-order valence-electron chi connectivity index (χ2n) is 3.80. The molecule has 0 aromatic carbocycles. The Labute approximate surface area is 107 Å². The summed E-state index contributed by atoms with van der Waals surface area (Å²) in [7, 11) is 0. The third kappa shape index (κ3) is 7.10. The largest absolute Gasteiger partial charge is 0.480 e. The van der Waals surface area contributed by atoms with Crippen LogP contribution >= 0.6 is 11.8 Å². The molecule has 6 heteroatoms. The van der Waals surface area contributed by atoms with Crippen LogP contribution in [0.3, 0.4) is 0 Å². The molecule has 0 saturated heterocycles. The quantitative estimate of drug-likeness (QED) is 0.622. The molecule has 0 spiro atoms. The van der Waals surface area contributed by atoms with Gasteiger partial charge < -0.3 is 15.7 Å². The van der Waals surface area contributed by atoms with E-state index in [2.05, 4.69) is 10.6 Å². The predicted octanol–water partition coefficient (Wildman–Crippen LogP) is 1.68. The van der Waals surface area contributed by atoms with E-state index in [4.69, 9.17) is 5.11 Å². The van der Waals surface area contributed by atoms with E-state index in [1.54, 1.807) is 11.8 Å². The number of carboxylic acids is 1. The first-order chi connectivity index (χ1) is 8.04. The topological polar surface area (TPSA) is 78.4 Å². The van der Waals surface area contributed by atoms with Gasteiger partial charge in [0.2, 0.25) is 0 Å². The molecule has 0 rings (SSSR count). The fraction of sp³-hybridized carbons (Fsp3) is 0.818. The molecule has 0 saturated carbocycles. The Morgan fingerprint density at radius 3 is 2.24 bits per heavy atom. The molecule has 0 aromatic heterocycles. The molecule has 0 heterocycles. The van der Waals surface area contributed by atoms with E-state index in [0.717, 1.165) is 12.8 Å². The van der Waals surface area contributed by atoms with Gasteiger partial charge in [0.25, 0.3) is 0 Å². The number of aliphatic carboxylic acids is 1. The standard InChI is InChI=1S/C11H22N2O3S/c1-4-8(5-2)12-11(16)13-9(10(14)15)6-7-17-3/h8-9H,4-7H2,1-3H3,(H,14,15)(H2,12,13,16)/t9-/m1/s1. The number of hydrogen-bond donors (Lipinski definition) is 3. The van der Waals surface area contributed by atoms with Crippen LogP contribution in [0.1, 0.15) is 33.1 Å². The summed E-state index contributed by atoms with van der Waals surface area (Å²) in [5.74, 6) is -0.277. The molecule has 0 aliphatic carbocycles. The maximum atomic E-state index is 11.6. The molecule has 0 fully saturated rings. The van der Waals surface area contributed by atoms with Crippen molar-refractivity contribution in [3.8, 4) is 0 Å². The maximum absolute atomic E-state index is 11.6. The molecular weight excluding hydrogens is 240 g/mol. The highest BCUT2D eigenvalue weighted by Crippen LogP contribution is 2.01. The number of rotatable bonds is 8. The highest BCUT2D eigenvalue weighted by atomic mass is 32.2. The molecule has 0 aliphatic rings. The fourth-order valence-electron chi connectivity index (χ4n) is 1.37. The molecule has 17 heavy (non-hydrogen) atoms. The zero-order valence-electron chi connectivity index (χ0n) is 10.7. The minimum atomic E-state index is -0.987. The molecular formula is C11H22N2O3S. The van der Waals surface area contributed by atoms with Gasteiger partial charge in [-0.05, 0) is 31.3 Å². The van der Waals surface area contributed by atoms with Gasteiger partial charge in [0.15, 0.2) is 0 Å². The third-order valence-electron chi connectivity index (χ3n) is 2.53. The first-order valence-corrected chi connectivity index (χ1v) is 7.23. The lowest BCUT2D eigenvalue weighted by molar-refractivity contribution is -0.139. The molecule has 0 aliphatic heterocycles. The lowest BCUT2D eigenvalue weighted by atomic mass is 10.2. The van der Waals surface area contributed by atoms with Crippen molar-refractivity contribution in [1.82, 2.24) is 10.6 Å². The van der Waals surface area contributed by atoms with Crippen LogP contribution in [0.15, 0.2) is 0 Å². The third-order valence-corrected chi connectivity index (χ3v) is 3.18. The number of amides is 2. The Morgan fingerprint density at radius 2 is 1.82 bits per heavy atom. The van der Waals surface area contributed by atoms with Gasteiger partial charge in [0.1, 0.15) is 6.04 Å². The summed E-state index contributed by atoms with van der Waals surface area (Å²) < 4.78 is 0. The monoisotopic (exact) mass is 262 g/mol. The highest BCUT2D eigenvalue weighted by Gasteiger charge is 2.20. The van der Waals surface area contributed by atoms with Crippen molar-refractivity contribution in [2.24, 2.45) is 0 Å². The number of thioether (sulfide) groups is 1. The summed E-state index contributed by atoms with van der Waals surface area (Å²) in [4.78, 5) is 22.5. The van der Waals surface area contributed by atoms with Crippen molar-refractivity contribution in [1.29, 1.82) is 0 Å². The van der Waals surface area contributed by atoms with Crippen LogP contribution in [0.5, 0.6) is 0 Å². The predicted molar refractivity (Wildman–Crippen MR) is 70.5 cm³/mol. The van der Waals surface area contributed by atoms with Crippen LogP contribution in [-0.2, 0) is 4.79 Å². The first-order valence-electron chi connectivity index (χ1n) is 5.83. The van der Waals surface area contributed by atoms with Crippen molar-refractivity contribution < 1.29 is 14.7 Å². The molecule has 0 radical (unpaired) electrons. The van der Waals surface area contributed by atoms with Crippen LogP contribution in [0.4, 0.5) is 4.79 Å². The average molecular weight is 262 g/mol. The molecule has 100 valence electrons. The highest BCUT2D eigenvalue weighted by molar-refractivity contribution is 7.98. The molecule has 0 aromatic rings. The van der Waals surface area contributed by atoms with Gasteiger partial charge in [-0.3, -0.25) is 0 Å². The van der Waals surface area contributed by atoms with E-state index in [1.165, 1.54) is 0 Å². The van der Waals surface area contributed by atoms with Gasteiger partial charge in [0.05, 0.1) is 0 Å². The van der Waals surface area contributed by atoms with Crippen LogP contribution in [0.25, 0.3) is 0 Å². The zero-order chi connectivity index (χ0) is 13.3. The maximum Gasteiger partial charge on any atom is 0.326 e. The smallest absolute Gasteiger partial charge is 0.326 e. The van der Waals surface area contributed by atoms with Gasteiger partial charge in [-0.1, -0.05) is 13.8 Å². The first kappa shape index (κ1) is 16.1. The van der Waals surface area contributed by atoms with E-state index in [1.807, 2.05) is 20.1 Å². The van der Waals surface area contributed by atoms with Crippen molar-refractivity contribution in [3.63, 3.8) is 0 Å². The van der Waals surface area contributed by atoms with E-state index in [0.29, 0.717) is 12.2 Å². The van der Waals surface area contributed by atoms with Gasteiger partial charge in [-0.2, -0.15) is 11.8 Å². The number of carbonyl (C=O) groups excluding carboxylic acids is 1. The summed E-state index contributed by atoms with van der Waals surface area (Å²) >= 11 is 1.56. The average Bonchev–Trinajstić information content (AvgIpc) is 2.30. The van der Waals surface area contributed by atoms with Crippen LogP contribution in [0.2, 0.25) is 0 Å². The Bertz CT molecular complexity index is 245. The Morgan fingerprint density at radius 1 is 1.24 bits per heavy atom. The summed E-state index contributed by atoms with van der Waals surface area (Å²) in [6.45, 7) is 3.97. The minimum Gasteiger partial charge on any atom is -0.480 e. The molecule has 3 N–H and O–H groups in total. The van der Waals surface area contributed by atoms with Crippen molar-refractivity contribution in [2.75, 3.05) is 12.0 Å². The fourth-order valence-corrected chi connectivity index (χ4v) is 1.84. The number of carboxylic acid groups (broad SMARTS) is 1. The summed E-state index contributed by atoms with van der Waals surface area (Å²) in [6.07, 6.45) is 4.02. The van der Waals surface area contributed by atoms with Gasteiger partial charge in [-0.25, -0.2) is 9.59 Å². The summed E-state index contributed by atoms with van der Waals surface area (Å²) in [6, 6.07) is -1.10. The van der Waals surface area contributed by atoms with E-state index < -0.39 is 18.0 Å². The second-order valence-corrected chi connectivity index (χ2v) is 4.79. The number of urea groups is 1. The Balaban J connectivity index is 4.15. The van der Waals surface area contributed by atoms with E-state index >= 15 is 0 Å². The molecule has 5 nitrogen and oxygen atoms in total. The van der Waals surface area contributed by atoms with Gasteiger partial charge in [0, 0.05) is 6.04 Å². The van der Waals surface area contributed by atoms with Crippen LogP contribution in [-0.4, -0.2) is 41.2 Å². The van der Waals surface area contributed by atoms with Crippen LogP contribution in [0, 0.1) is 0 Å². The molecule has 0 unspecified atom stereocenters. The second kappa shape index (κ2) is 9.15. The van der Waals surface area contributed by atoms with E-state index in [9.17, 15) is 9.59 Å². The molecule has 1 atom stereocenters. The van der Waals surface area contributed by atoms with Crippen molar-refractivity contribution in [2.45, 2.75) is 45.2 Å². The van der Waals surface area contributed by atoms with Crippen molar-refractivity contribution in [3.05, 3.63) is 0 Å². The molecule has 2 amide bonds. The number of nitrogens with one attached hydrogen (secondary N) is 2. The SMILES string of the molecule is CCC(CC)NC(=O)N[C@H](CCSC)C(=O)O. The van der Waals surface area contributed by atoms with E-state index in [-0.39, 0.29) is 6.04 Å². The van der Waals surface area contributed by atoms with Crippen molar-refractivity contribution >= 4 is 23.8 Å². The Hall–Kier alpha value is -0.910. The Kier molecular flexibility index (Phi) is 8.66. The lowest BCUT2D eigenvalue weighted by Gasteiger charge is -2.18. The molecule has 0 bridgehead atoms. The number of carbonyl (C=O) groups is 2. The minimum absolute atomic E-state index is 0.102. The summed E-state index contributed by atoms with van der Waals surface area (Å²) in [5.41, 5.74) is 0. The van der Waals surface area contributed by atoms with Gasteiger partial charge in [-0.15, -0.1) is 0 Å². The number of hydrogen-bond acceptors (Lipinski definition) is 3. The zero-order valence-corrected chi connectivity index (χ0v) is 11.5. The lowest BCUT2D eigenvalue weighted by Crippen LogP contribution is -2.49. The van der Waals surface area contributed by atoms with Crippen LogP contribution < -0.4 is 10.6 Å².